The third-order valence-electron chi connectivity index (χ3n) is 6.25. The molecule has 0 saturated heterocycles. The molecule has 0 saturated carbocycles. The molecule has 0 fully saturated rings. The monoisotopic (exact) mass is 290 g/mol. The van der Waals surface area contributed by atoms with Crippen LogP contribution in [0.15, 0.2) is 58.8 Å². The van der Waals surface area contributed by atoms with E-state index >= 15 is 0 Å². The minimum absolute atomic E-state index is 0.662. The van der Waals surface area contributed by atoms with Crippen molar-refractivity contribution in [2.45, 2.75) is 57.4 Å². The number of hydrogen-bond donors (Lipinski definition) is 0. The summed E-state index contributed by atoms with van der Waals surface area (Å²) >= 11 is 0. The fraction of sp³-hybridized carbons (Fsp3) is 0.476. The van der Waals surface area contributed by atoms with Crippen LogP contribution in [0.5, 0.6) is 0 Å². The van der Waals surface area contributed by atoms with Crippen LogP contribution in [0.2, 0.25) is 0 Å². The van der Waals surface area contributed by atoms with E-state index in [1.807, 2.05) is 0 Å². The highest BCUT2D eigenvalue weighted by molar-refractivity contribution is 5.51. The summed E-state index contributed by atoms with van der Waals surface area (Å²) in [5.74, 6) is 1.48. The van der Waals surface area contributed by atoms with Crippen LogP contribution in [-0.4, -0.2) is 0 Å². The number of fused-ring (bicyclic) bond motifs is 3. The highest BCUT2D eigenvalue weighted by Crippen LogP contribution is 2.49. The Balaban J connectivity index is 1.78. The molecule has 2 atom stereocenters. The summed E-state index contributed by atoms with van der Waals surface area (Å²) < 4.78 is 2.52. The molecule has 1 aliphatic heterocycles. The first-order chi connectivity index (χ1) is 10.9. The second kappa shape index (κ2) is 4.94. The van der Waals surface area contributed by atoms with Crippen molar-refractivity contribution in [2.24, 2.45) is 5.92 Å². The summed E-state index contributed by atoms with van der Waals surface area (Å²) in [6, 6.07) is 6.78. The van der Waals surface area contributed by atoms with Crippen molar-refractivity contribution in [2.75, 3.05) is 0 Å². The molecule has 0 aromatic carbocycles. The fourth-order valence-electron chi connectivity index (χ4n) is 5.27. The zero-order valence-corrected chi connectivity index (χ0v) is 13.2. The number of allylic oxidation sites excluding steroid dienone is 6. The number of aromatic nitrogens is 1. The minimum atomic E-state index is 0.662. The van der Waals surface area contributed by atoms with Gasteiger partial charge in [-0.05, 0) is 62.0 Å². The molecule has 112 valence electrons. The van der Waals surface area contributed by atoms with E-state index in [1.54, 1.807) is 28.0 Å². The standard InChI is InChI=1S/C21H24N/c1-2-8-17-15(6-1)11-12-16-7-5-9-18-20-10-3-4-13-22(20)14-19(17)21(16)18/h2-4,8,10,13,15,18H,1,5-7,9,11-12,14H2/q+1. The van der Waals surface area contributed by atoms with Crippen LogP contribution < -0.4 is 4.57 Å². The van der Waals surface area contributed by atoms with E-state index in [0.717, 1.165) is 12.5 Å². The van der Waals surface area contributed by atoms with Crippen molar-refractivity contribution < 1.29 is 4.57 Å². The lowest BCUT2D eigenvalue weighted by Gasteiger charge is -2.32. The highest BCUT2D eigenvalue weighted by atomic mass is 15.0. The van der Waals surface area contributed by atoms with E-state index in [-0.39, 0.29) is 0 Å². The maximum Gasteiger partial charge on any atom is 0.189 e. The minimum Gasteiger partial charge on any atom is -0.198 e. The second-order valence-corrected chi connectivity index (χ2v) is 7.36. The number of hydrogen-bond acceptors (Lipinski definition) is 0. The van der Waals surface area contributed by atoms with Crippen LogP contribution in [0.3, 0.4) is 0 Å². The molecule has 2 unspecified atom stereocenters. The van der Waals surface area contributed by atoms with Crippen LogP contribution in [-0.2, 0) is 6.54 Å². The lowest BCUT2D eigenvalue weighted by atomic mass is 9.73. The fourth-order valence-corrected chi connectivity index (χ4v) is 5.27. The number of pyridine rings is 1. The van der Waals surface area contributed by atoms with E-state index in [2.05, 4.69) is 41.1 Å². The summed E-state index contributed by atoms with van der Waals surface area (Å²) in [6.07, 6.45) is 16.6. The van der Waals surface area contributed by atoms with Crippen LogP contribution in [0.25, 0.3) is 0 Å². The van der Waals surface area contributed by atoms with E-state index in [0.29, 0.717) is 5.92 Å². The first-order valence-corrected chi connectivity index (χ1v) is 9.02. The molecular weight excluding hydrogens is 266 g/mol. The van der Waals surface area contributed by atoms with Gasteiger partial charge in [0.05, 0.1) is 5.92 Å². The molecule has 0 bridgehead atoms. The predicted molar refractivity (Wildman–Crippen MR) is 88.4 cm³/mol. The van der Waals surface area contributed by atoms with Gasteiger partial charge in [0.15, 0.2) is 18.4 Å². The van der Waals surface area contributed by atoms with Crippen molar-refractivity contribution in [3.63, 3.8) is 0 Å². The van der Waals surface area contributed by atoms with Gasteiger partial charge in [0.25, 0.3) is 0 Å². The molecule has 5 rings (SSSR count). The SMILES string of the molecule is C1=CC2=C3C[n+]4ccccc4C4CCCC(=C34)CCC2CC1. The maximum atomic E-state index is 2.52. The summed E-state index contributed by atoms with van der Waals surface area (Å²) in [4.78, 5) is 0. The Morgan fingerprint density at radius 3 is 3.05 bits per heavy atom. The van der Waals surface area contributed by atoms with E-state index in [1.165, 1.54) is 44.9 Å². The topological polar surface area (TPSA) is 3.88 Å². The van der Waals surface area contributed by atoms with Gasteiger partial charge in [-0.2, -0.15) is 4.57 Å². The molecule has 0 N–H and O–H groups in total. The molecule has 3 aliphatic carbocycles. The van der Waals surface area contributed by atoms with E-state index in [4.69, 9.17) is 0 Å². The Hall–Kier alpha value is -1.63. The van der Waals surface area contributed by atoms with Crippen molar-refractivity contribution in [3.05, 3.63) is 64.5 Å². The molecule has 0 radical (unpaired) electrons. The van der Waals surface area contributed by atoms with Crippen molar-refractivity contribution >= 4 is 0 Å². The zero-order valence-electron chi connectivity index (χ0n) is 13.2. The van der Waals surface area contributed by atoms with Crippen molar-refractivity contribution in [3.8, 4) is 0 Å². The first-order valence-electron chi connectivity index (χ1n) is 9.02. The first kappa shape index (κ1) is 12.9. The van der Waals surface area contributed by atoms with Gasteiger partial charge in [-0.15, -0.1) is 0 Å². The quantitative estimate of drug-likeness (QED) is 0.614. The normalized spacial score (nSPS) is 29.6. The van der Waals surface area contributed by atoms with Crippen molar-refractivity contribution in [1.82, 2.24) is 0 Å². The molecule has 1 heteroatoms. The van der Waals surface area contributed by atoms with E-state index < -0.39 is 0 Å². The zero-order chi connectivity index (χ0) is 14.5. The van der Waals surface area contributed by atoms with Gasteiger partial charge < -0.3 is 0 Å². The van der Waals surface area contributed by atoms with Gasteiger partial charge in [0.2, 0.25) is 0 Å². The van der Waals surface area contributed by atoms with Gasteiger partial charge in [0, 0.05) is 17.7 Å². The average molecular weight is 290 g/mol. The molecule has 0 spiro atoms. The highest BCUT2D eigenvalue weighted by Gasteiger charge is 2.40. The lowest BCUT2D eigenvalue weighted by Crippen LogP contribution is -2.45. The van der Waals surface area contributed by atoms with Gasteiger partial charge in [-0.3, -0.25) is 0 Å². The maximum absolute atomic E-state index is 2.52. The third-order valence-corrected chi connectivity index (χ3v) is 6.25. The molecular formula is C21H24N+. The number of nitrogens with zero attached hydrogens (tertiary/aromatic N) is 1. The molecule has 1 aromatic rings. The predicted octanol–water partition coefficient (Wildman–Crippen LogP) is 4.61. The average Bonchev–Trinajstić information content (AvgIpc) is 2.74. The van der Waals surface area contributed by atoms with Crippen LogP contribution in [0, 0.1) is 5.92 Å². The molecule has 1 nitrogen and oxygen atoms in total. The Kier molecular flexibility index (Phi) is 2.89. The van der Waals surface area contributed by atoms with Crippen LogP contribution >= 0.6 is 0 Å². The largest absolute Gasteiger partial charge is 0.198 e. The summed E-state index contributed by atoms with van der Waals surface area (Å²) in [5.41, 5.74) is 8.50. The van der Waals surface area contributed by atoms with Gasteiger partial charge >= 0.3 is 0 Å². The van der Waals surface area contributed by atoms with Gasteiger partial charge in [-0.25, -0.2) is 0 Å². The van der Waals surface area contributed by atoms with Crippen molar-refractivity contribution in [1.29, 1.82) is 0 Å². The van der Waals surface area contributed by atoms with Gasteiger partial charge in [-0.1, -0.05) is 23.8 Å². The molecule has 2 heterocycles. The Labute approximate surface area is 133 Å². The Morgan fingerprint density at radius 2 is 2.05 bits per heavy atom. The van der Waals surface area contributed by atoms with E-state index in [9.17, 15) is 0 Å². The summed E-state index contributed by atoms with van der Waals surface area (Å²) in [5, 5.41) is 0. The van der Waals surface area contributed by atoms with Gasteiger partial charge in [0.1, 0.15) is 0 Å². The smallest absolute Gasteiger partial charge is 0.189 e. The molecule has 22 heavy (non-hydrogen) atoms. The van der Waals surface area contributed by atoms with Crippen LogP contribution in [0.4, 0.5) is 0 Å². The number of rotatable bonds is 0. The third kappa shape index (κ3) is 1.81. The Morgan fingerprint density at radius 1 is 1.05 bits per heavy atom. The van der Waals surface area contributed by atoms with Crippen LogP contribution in [0.1, 0.15) is 56.6 Å². The summed E-state index contributed by atoms with van der Waals surface area (Å²) in [7, 11) is 0. The summed E-state index contributed by atoms with van der Waals surface area (Å²) in [6.45, 7) is 1.10. The lowest BCUT2D eigenvalue weighted by molar-refractivity contribution is -0.700. The molecule has 1 aromatic heterocycles. The second-order valence-electron chi connectivity index (χ2n) is 7.36. The molecule has 4 aliphatic rings. The Bertz CT molecular complexity index is 719. The molecule has 0 amide bonds.